The predicted octanol–water partition coefficient (Wildman–Crippen LogP) is 4.03. The Morgan fingerprint density at radius 2 is 1.79 bits per heavy atom. The molecule has 0 aromatic rings. The number of alkyl halides is 1. The molecule has 0 radical (unpaired) electrons. The van der Waals surface area contributed by atoms with E-state index in [2.05, 4.69) is 21.2 Å². The number of halogens is 1. The quantitative estimate of drug-likeness (QED) is 0.779. The van der Waals surface area contributed by atoms with Crippen LogP contribution in [0.25, 0.3) is 0 Å². The third-order valence-corrected chi connectivity index (χ3v) is 6.94. The number of hydrogen-bond donors (Lipinski definition) is 1. The first-order valence-corrected chi connectivity index (χ1v) is 9.23. The molecule has 19 heavy (non-hydrogen) atoms. The smallest absolute Gasteiger partial charge is 0.223 e. The second-order valence-corrected chi connectivity index (χ2v) is 7.63. The highest BCUT2D eigenvalue weighted by molar-refractivity contribution is 9.09. The van der Waals surface area contributed by atoms with Crippen LogP contribution in [0, 0.1) is 17.8 Å². The molecular weight excluding hydrogens is 302 g/mol. The van der Waals surface area contributed by atoms with Gasteiger partial charge in [0.2, 0.25) is 5.91 Å². The van der Waals surface area contributed by atoms with Crippen molar-refractivity contribution in [1.29, 1.82) is 0 Å². The normalized spacial score (nSPS) is 37.0. The standard InChI is InChI=1S/C16H26BrNO/c17-11-16(8-3-9-16)18-15(19)14-7-6-12-4-1-2-5-13(12)10-14/h12-14H,1-11H2,(H,18,19). The number of rotatable bonds is 3. The van der Waals surface area contributed by atoms with E-state index in [0.717, 1.165) is 42.8 Å². The zero-order valence-corrected chi connectivity index (χ0v) is 13.4. The lowest BCUT2D eigenvalue weighted by Crippen LogP contribution is -2.56. The molecular formula is C16H26BrNO. The lowest BCUT2D eigenvalue weighted by molar-refractivity contribution is -0.130. The second-order valence-electron chi connectivity index (χ2n) is 7.07. The molecule has 3 fully saturated rings. The van der Waals surface area contributed by atoms with Gasteiger partial charge in [0.15, 0.2) is 0 Å². The van der Waals surface area contributed by atoms with Crippen LogP contribution < -0.4 is 5.32 Å². The second kappa shape index (κ2) is 5.75. The Hall–Kier alpha value is -0.0500. The Balaban J connectivity index is 1.55. The Morgan fingerprint density at radius 3 is 2.42 bits per heavy atom. The molecule has 1 amide bonds. The summed E-state index contributed by atoms with van der Waals surface area (Å²) in [4.78, 5) is 12.5. The third kappa shape index (κ3) is 2.86. The van der Waals surface area contributed by atoms with Gasteiger partial charge in [0.05, 0.1) is 0 Å². The van der Waals surface area contributed by atoms with Crippen LogP contribution in [-0.2, 0) is 4.79 Å². The van der Waals surface area contributed by atoms with Crippen molar-refractivity contribution in [3.05, 3.63) is 0 Å². The Bertz CT molecular complexity index is 334. The highest BCUT2D eigenvalue weighted by atomic mass is 79.9. The van der Waals surface area contributed by atoms with Crippen LogP contribution >= 0.6 is 15.9 Å². The third-order valence-electron chi connectivity index (χ3n) is 5.87. The van der Waals surface area contributed by atoms with Crippen molar-refractivity contribution in [1.82, 2.24) is 5.32 Å². The van der Waals surface area contributed by atoms with Gasteiger partial charge in [0.1, 0.15) is 0 Å². The Kier molecular flexibility index (Phi) is 4.21. The lowest BCUT2D eigenvalue weighted by Gasteiger charge is -2.44. The molecule has 1 N–H and O–H groups in total. The molecule has 0 aliphatic heterocycles. The summed E-state index contributed by atoms with van der Waals surface area (Å²) in [5.41, 5.74) is 0.0977. The monoisotopic (exact) mass is 327 g/mol. The van der Waals surface area contributed by atoms with Crippen LogP contribution in [0.3, 0.4) is 0 Å². The molecule has 108 valence electrons. The molecule has 3 saturated carbocycles. The number of hydrogen-bond acceptors (Lipinski definition) is 1. The van der Waals surface area contributed by atoms with Crippen molar-refractivity contribution < 1.29 is 4.79 Å². The van der Waals surface area contributed by atoms with Crippen LogP contribution in [-0.4, -0.2) is 16.8 Å². The summed E-state index contributed by atoms with van der Waals surface area (Å²) < 4.78 is 0. The minimum Gasteiger partial charge on any atom is -0.350 e. The number of carbonyl (C=O) groups is 1. The molecule has 0 aromatic carbocycles. The van der Waals surface area contributed by atoms with E-state index in [-0.39, 0.29) is 5.54 Å². The maximum Gasteiger partial charge on any atom is 0.223 e. The molecule has 0 spiro atoms. The molecule has 0 bridgehead atoms. The molecule has 3 rings (SSSR count). The summed E-state index contributed by atoms with van der Waals surface area (Å²) in [5, 5.41) is 4.28. The average Bonchev–Trinajstić information content (AvgIpc) is 2.42. The fourth-order valence-electron chi connectivity index (χ4n) is 4.37. The predicted molar refractivity (Wildman–Crippen MR) is 81.3 cm³/mol. The number of carbonyl (C=O) groups excluding carboxylic acids is 1. The van der Waals surface area contributed by atoms with E-state index in [0.29, 0.717) is 11.8 Å². The Morgan fingerprint density at radius 1 is 1.05 bits per heavy atom. The molecule has 3 aliphatic carbocycles. The van der Waals surface area contributed by atoms with Crippen LogP contribution in [0.1, 0.15) is 64.2 Å². The molecule has 2 nitrogen and oxygen atoms in total. The minimum atomic E-state index is 0.0977. The number of fused-ring (bicyclic) bond motifs is 1. The zero-order valence-electron chi connectivity index (χ0n) is 11.8. The summed E-state index contributed by atoms with van der Waals surface area (Å²) in [6.45, 7) is 0. The SMILES string of the molecule is O=C(NC1(CBr)CCC1)C1CCC2CCCCC2C1. The summed E-state index contributed by atoms with van der Waals surface area (Å²) in [5.74, 6) is 2.44. The van der Waals surface area contributed by atoms with Gasteiger partial charge in [0.25, 0.3) is 0 Å². The fraction of sp³-hybridized carbons (Fsp3) is 0.938. The maximum absolute atomic E-state index is 12.5. The number of nitrogens with one attached hydrogen (secondary N) is 1. The first kappa shape index (κ1) is 13.9. The molecule has 3 heteroatoms. The first-order valence-electron chi connectivity index (χ1n) is 8.10. The van der Waals surface area contributed by atoms with Crippen LogP contribution in [0.4, 0.5) is 0 Å². The van der Waals surface area contributed by atoms with Crippen LogP contribution in [0.5, 0.6) is 0 Å². The van der Waals surface area contributed by atoms with E-state index < -0.39 is 0 Å². The van der Waals surface area contributed by atoms with Gasteiger partial charge in [-0.05, 0) is 50.4 Å². The van der Waals surface area contributed by atoms with Gasteiger partial charge in [-0.25, -0.2) is 0 Å². The van der Waals surface area contributed by atoms with Gasteiger partial charge in [0, 0.05) is 16.8 Å². The molecule has 3 atom stereocenters. The highest BCUT2D eigenvalue weighted by Gasteiger charge is 2.41. The van der Waals surface area contributed by atoms with E-state index in [9.17, 15) is 4.79 Å². The van der Waals surface area contributed by atoms with Gasteiger partial charge in [-0.3, -0.25) is 4.79 Å². The van der Waals surface area contributed by atoms with Crippen LogP contribution in [0.2, 0.25) is 0 Å². The topological polar surface area (TPSA) is 29.1 Å². The summed E-state index contributed by atoms with van der Waals surface area (Å²) in [7, 11) is 0. The van der Waals surface area contributed by atoms with Gasteiger partial charge < -0.3 is 5.32 Å². The van der Waals surface area contributed by atoms with Gasteiger partial charge >= 0.3 is 0 Å². The van der Waals surface area contributed by atoms with Crippen molar-refractivity contribution in [2.24, 2.45) is 17.8 Å². The van der Waals surface area contributed by atoms with Gasteiger partial charge in [-0.1, -0.05) is 41.6 Å². The largest absolute Gasteiger partial charge is 0.350 e. The summed E-state index contributed by atoms with van der Waals surface area (Å²) in [6.07, 6.45) is 12.8. The fourth-order valence-corrected chi connectivity index (χ4v) is 5.07. The average molecular weight is 328 g/mol. The van der Waals surface area contributed by atoms with Crippen LogP contribution in [0.15, 0.2) is 0 Å². The van der Waals surface area contributed by atoms with E-state index in [1.807, 2.05) is 0 Å². The van der Waals surface area contributed by atoms with Crippen molar-refractivity contribution >= 4 is 21.8 Å². The van der Waals surface area contributed by atoms with E-state index >= 15 is 0 Å². The minimum absolute atomic E-state index is 0.0977. The first-order chi connectivity index (χ1) is 9.22. The maximum atomic E-state index is 12.5. The van der Waals surface area contributed by atoms with Crippen molar-refractivity contribution in [3.8, 4) is 0 Å². The van der Waals surface area contributed by atoms with Gasteiger partial charge in [-0.15, -0.1) is 0 Å². The van der Waals surface area contributed by atoms with Gasteiger partial charge in [-0.2, -0.15) is 0 Å². The molecule has 0 saturated heterocycles. The van der Waals surface area contributed by atoms with Crippen molar-refractivity contribution in [3.63, 3.8) is 0 Å². The van der Waals surface area contributed by atoms with E-state index in [1.54, 1.807) is 0 Å². The van der Waals surface area contributed by atoms with E-state index in [4.69, 9.17) is 0 Å². The summed E-state index contributed by atoms with van der Waals surface area (Å²) in [6, 6.07) is 0. The molecule has 0 aromatic heterocycles. The van der Waals surface area contributed by atoms with Crippen molar-refractivity contribution in [2.45, 2.75) is 69.7 Å². The molecule has 3 aliphatic rings. The highest BCUT2D eigenvalue weighted by Crippen LogP contribution is 2.43. The summed E-state index contributed by atoms with van der Waals surface area (Å²) >= 11 is 3.58. The Labute approximate surface area is 125 Å². The molecule has 3 unspecified atom stereocenters. The van der Waals surface area contributed by atoms with E-state index in [1.165, 1.54) is 38.5 Å². The zero-order chi connectivity index (χ0) is 13.3. The lowest BCUT2D eigenvalue weighted by atomic mass is 9.67. The van der Waals surface area contributed by atoms with Crippen molar-refractivity contribution in [2.75, 3.05) is 5.33 Å². The molecule has 0 heterocycles. The number of amides is 1.